The van der Waals surface area contributed by atoms with Crippen molar-refractivity contribution in [2.24, 2.45) is 5.73 Å². The third-order valence-electron chi connectivity index (χ3n) is 2.07. The van der Waals surface area contributed by atoms with Gasteiger partial charge in [0.05, 0.1) is 6.04 Å². The van der Waals surface area contributed by atoms with Gasteiger partial charge in [0.2, 0.25) is 5.91 Å². The number of nitrogens with two attached hydrogens (primary N) is 1. The number of amides is 1. The lowest BCUT2D eigenvalue weighted by atomic mass is 10.2. The topological polar surface area (TPSA) is 75.3 Å². The van der Waals surface area contributed by atoms with Crippen LogP contribution in [0.25, 0.3) is 0 Å². The van der Waals surface area contributed by atoms with E-state index in [2.05, 4.69) is 5.32 Å². The molecule has 1 amide bonds. The minimum absolute atomic E-state index is 0.142. The molecule has 5 heteroatoms. The fourth-order valence-electron chi connectivity index (χ4n) is 1.06. The highest BCUT2D eigenvalue weighted by atomic mass is 35.5. The predicted octanol–water partition coefficient (Wildman–Crippen LogP) is 1.01. The number of halogens is 1. The van der Waals surface area contributed by atoms with E-state index in [1.807, 2.05) is 0 Å². The Balaban J connectivity index is 2.65. The van der Waals surface area contributed by atoms with Crippen molar-refractivity contribution in [2.75, 3.05) is 0 Å². The van der Waals surface area contributed by atoms with Crippen LogP contribution < -0.4 is 11.1 Å². The Bertz CT molecular complexity index is 368. The first kappa shape index (κ1) is 11.8. The Morgan fingerprint density at radius 3 is 2.93 bits per heavy atom. The quantitative estimate of drug-likeness (QED) is 0.720. The van der Waals surface area contributed by atoms with Crippen molar-refractivity contribution in [3.8, 4) is 5.75 Å². The maximum Gasteiger partial charge on any atom is 0.234 e. The van der Waals surface area contributed by atoms with Gasteiger partial charge in [-0.25, -0.2) is 0 Å². The second-order valence-corrected chi connectivity index (χ2v) is 3.71. The maximum atomic E-state index is 10.7. The van der Waals surface area contributed by atoms with Gasteiger partial charge in [-0.2, -0.15) is 0 Å². The molecule has 0 saturated carbocycles. The summed E-state index contributed by atoms with van der Waals surface area (Å²) in [7, 11) is 0. The summed E-state index contributed by atoms with van der Waals surface area (Å²) in [5, 5.41) is 12.9. The summed E-state index contributed by atoms with van der Waals surface area (Å²) in [4.78, 5) is 10.7. The molecule has 0 aromatic heterocycles. The van der Waals surface area contributed by atoms with Crippen LogP contribution in [0, 0.1) is 0 Å². The number of hydrogen-bond acceptors (Lipinski definition) is 3. The van der Waals surface area contributed by atoms with Crippen LogP contribution in [-0.2, 0) is 11.3 Å². The number of carbonyl (C=O) groups excluding carboxylic acids is 1. The molecule has 1 aromatic carbocycles. The van der Waals surface area contributed by atoms with Crippen LogP contribution in [0.3, 0.4) is 0 Å². The number of hydrogen-bond donors (Lipinski definition) is 3. The molecule has 0 heterocycles. The van der Waals surface area contributed by atoms with Crippen LogP contribution in [0.1, 0.15) is 12.5 Å². The van der Waals surface area contributed by atoms with E-state index in [0.717, 1.165) is 0 Å². The zero-order chi connectivity index (χ0) is 11.4. The smallest absolute Gasteiger partial charge is 0.234 e. The third-order valence-corrected chi connectivity index (χ3v) is 2.30. The van der Waals surface area contributed by atoms with Gasteiger partial charge in [-0.05, 0) is 25.1 Å². The van der Waals surface area contributed by atoms with Crippen molar-refractivity contribution in [1.29, 1.82) is 0 Å². The molecule has 0 fully saturated rings. The molecule has 15 heavy (non-hydrogen) atoms. The molecule has 4 N–H and O–H groups in total. The first-order valence-corrected chi connectivity index (χ1v) is 4.88. The zero-order valence-corrected chi connectivity index (χ0v) is 9.08. The Labute approximate surface area is 93.0 Å². The molecule has 0 aliphatic rings. The lowest BCUT2D eigenvalue weighted by molar-refractivity contribution is -0.119. The lowest BCUT2D eigenvalue weighted by Gasteiger charge is -2.11. The van der Waals surface area contributed by atoms with E-state index in [4.69, 9.17) is 17.3 Å². The van der Waals surface area contributed by atoms with E-state index in [1.54, 1.807) is 19.1 Å². The minimum atomic E-state index is -0.441. The normalized spacial score (nSPS) is 12.4. The van der Waals surface area contributed by atoms with Gasteiger partial charge < -0.3 is 16.2 Å². The van der Waals surface area contributed by atoms with Crippen molar-refractivity contribution in [3.05, 3.63) is 28.8 Å². The summed E-state index contributed by atoms with van der Waals surface area (Å²) >= 11 is 5.76. The van der Waals surface area contributed by atoms with Crippen molar-refractivity contribution < 1.29 is 9.90 Å². The minimum Gasteiger partial charge on any atom is -0.508 e. The van der Waals surface area contributed by atoms with Gasteiger partial charge in [-0.15, -0.1) is 0 Å². The molecule has 82 valence electrons. The lowest BCUT2D eigenvalue weighted by Crippen LogP contribution is -2.38. The largest absolute Gasteiger partial charge is 0.508 e. The number of carbonyl (C=O) groups is 1. The summed E-state index contributed by atoms with van der Waals surface area (Å²) in [6.45, 7) is 2.00. The number of phenols is 1. The Kier molecular flexibility index (Phi) is 3.94. The molecule has 1 rings (SSSR count). The fraction of sp³-hybridized carbons (Fsp3) is 0.300. The van der Waals surface area contributed by atoms with Gasteiger partial charge in [-0.3, -0.25) is 4.79 Å². The molecule has 0 bridgehead atoms. The van der Waals surface area contributed by atoms with E-state index in [1.165, 1.54) is 6.07 Å². The standard InChI is InChI=1S/C10H13ClN2O2/c1-6(10(12)15)13-5-7-4-8(11)2-3-9(7)14/h2-4,6,13-14H,5H2,1H3,(H2,12,15). The van der Waals surface area contributed by atoms with Crippen LogP contribution >= 0.6 is 11.6 Å². The molecular weight excluding hydrogens is 216 g/mol. The van der Waals surface area contributed by atoms with E-state index in [0.29, 0.717) is 17.1 Å². The molecule has 0 radical (unpaired) electrons. The fourth-order valence-corrected chi connectivity index (χ4v) is 1.25. The maximum absolute atomic E-state index is 10.7. The van der Waals surface area contributed by atoms with Gasteiger partial charge in [0.25, 0.3) is 0 Å². The highest BCUT2D eigenvalue weighted by molar-refractivity contribution is 6.30. The highest BCUT2D eigenvalue weighted by Gasteiger charge is 2.09. The average molecular weight is 229 g/mol. The molecule has 1 aromatic rings. The van der Waals surface area contributed by atoms with E-state index >= 15 is 0 Å². The summed E-state index contributed by atoms with van der Waals surface area (Å²) < 4.78 is 0. The predicted molar refractivity (Wildman–Crippen MR) is 58.6 cm³/mol. The van der Waals surface area contributed by atoms with Crippen LogP contribution in [0.5, 0.6) is 5.75 Å². The van der Waals surface area contributed by atoms with Crippen molar-refractivity contribution >= 4 is 17.5 Å². The number of nitrogens with one attached hydrogen (secondary N) is 1. The van der Waals surface area contributed by atoms with Gasteiger partial charge in [0.15, 0.2) is 0 Å². The molecule has 1 atom stereocenters. The monoisotopic (exact) mass is 228 g/mol. The number of rotatable bonds is 4. The average Bonchev–Trinajstić information content (AvgIpc) is 2.18. The van der Waals surface area contributed by atoms with E-state index in [-0.39, 0.29) is 5.75 Å². The van der Waals surface area contributed by atoms with Crippen molar-refractivity contribution in [2.45, 2.75) is 19.5 Å². The molecule has 0 saturated heterocycles. The van der Waals surface area contributed by atoms with Gasteiger partial charge in [0.1, 0.15) is 5.75 Å². The molecule has 1 unspecified atom stereocenters. The molecule has 0 aliphatic heterocycles. The van der Waals surface area contributed by atoms with Gasteiger partial charge in [-0.1, -0.05) is 11.6 Å². The van der Waals surface area contributed by atoms with E-state index < -0.39 is 11.9 Å². The summed E-state index contributed by atoms with van der Waals surface area (Å²) in [5.41, 5.74) is 5.71. The SMILES string of the molecule is CC(NCc1cc(Cl)ccc1O)C(N)=O. The van der Waals surface area contributed by atoms with Gasteiger partial charge in [0, 0.05) is 17.1 Å². The molecule has 0 aliphatic carbocycles. The first-order valence-electron chi connectivity index (χ1n) is 4.51. The molecular formula is C10H13ClN2O2. The zero-order valence-electron chi connectivity index (χ0n) is 8.33. The number of aromatic hydroxyl groups is 1. The number of phenolic OH excluding ortho intramolecular Hbond substituents is 1. The summed E-state index contributed by atoms with van der Waals surface area (Å²) in [6, 6.07) is 4.30. The van der Waals surface area contributed by atoms with Crippen LogP contribution in [0.2, 0.25) is 5.02 Å². The first-order chi connectivity index (χ1) is 7.00. The van der Waals surface area contributed by atoms with Crippen LogP contribution in [0.15, 0.2) is 18.2 Å². The Morgan fingerprint density at radius 2 is 2.33 bits per heavy atom. The third kappa shape index (κ3) is 3.42. The van der Waals surface area contributed by atoms with Crippen molar-refractivity contribution in [3.63, 3.8) is 0 Å². The van der Waals surface area contributed by atoms with Gasteiger partial charge >= 0.3 is 0 Å². The molecule has 0 spiro atoms. The second kappa shape index (κ2) is 5.00. The van der Waals surface area contributed by atoms with Crippen molar-refractivity contribution in [1.82, 2.24) is 5.32 Å². The molecule has 4 nitrogen and oxygen atoms in total. The van der Waals surface area contributed by atoms with Crippen LogP contribution in [-0.4, -0.2) is 17.1 Å². The summed E-state index contributed by atoms with van der Waals surface area (Å²) in [5.74, 6) is -0.292. The summed E-state index contributed by atoms with van der Waals surface area (Å²) in [6.07, 6.45) is 0. The second-order valence-electron chi connectivity index (χ2n) is 3.28. The number of benzene rings is 1. The Morgan fingerprint density at radius 1 is 1.67 bits per heavy atom. The number of primary amides is 1. The van der Waals surface area contributed by atoms with E-state index in [9.17, 15) is 9.90 Å². The van der Waals surface area contributed by atoms with Crippen LogP contribution in [0.4, 0.5) is 0 Å². The Hall–Kier alpha value is -1.26. The highest BCUT2D eigenvalue weighted by Crippen LogP contribution is 2.21.